The zero-order valence-corrected chi connectivity index (χ0v) is 18.3. The summed E-state index contributed by atoms with van der Waals surface area (Å²) >= 11 is 0. The van der Waals surface area contributed by atoms with Crippen molar-refractivity contribution in [2.24, 2.45) is 5.92 Å². The smallest absolute Gasteiger partial charge is 0.265 e. The zero-order valence-electron chi connectivity index (χ0n) is 17.5. The largest absolute Gasteiger partial charge is 0.482 e. The first-order valence-corrected chi connectivity index (χ1v) is 12.3. The molecule has 0 bridgehead atoms. The molecule has 2 fully saturated rings. The summed E-state index contributed by atoms with van der Waals surface area (Å²) in [4.78, 5) is 18.7. The Labute approximate surface area is 181 Å². The van der Waals surface area contributed by atoms with Crippen LogP contribution in [0.2, 0.25) is 0 Å². The molecule has 3 aliphatic rings. The summed E-state index contributed by atoms with van der Waals surface area (Å²) < 4.78 is 38.8. The van der Waals surface area contributed by atoms with E-state index >= 15 is 0 Å². The minimum atomic E-state index is -3.65. The van der Waals surface area contributed by atoms with E-state index in [1.807, 2.05) is 0 Å². The first-order valence-electron chi connectivity index (χ1n) is 10.8. The number of nitrogens with zero attached hydrogens (tertiary/aromatic N) is 4. The summed E-state index contributed by atoms with van der Waals surface area (Å²) in [6.45, 7) is 3.14. The third-order valence-corrected chi connectivity index (χ3v) is 8.39. The summed E-state index contributed by atoms with van der Waals surface area (Å²) in [6, 6.07) is 4.68. The lowest BCUT2D eigenvalue weighted by molar-refractivity contribution is -0.121. The number of carbonyl (C=O) groups excluding carboxylic acids is 1. The van der Waals surface area contributed by atoms with Gasteiger partial charge in [-0.3, -0.25) is 9.69 Å². The van der Waals surface area contributed by atoms with Gasteiger partial charge in [0.2, 0.25) is 15.9 Å². The van der Waals surface area contributed by atoms with Gasteiger partial charge in [-0.2, -0.15) is 9.29 Å². The first kappa shape index (κ1) is 20.4. The fourth-order valence-corrected chi connectivity index (χ4v) is 5.67. The van der Waals surface area contributed by atoms with E-state index in [0.717, 1.165) is 32.1 Å². The van der Waals surface area contributed by atoms with Crippen LogP contribution in [0.15, 0.2) is 27.6 Å². The monoisotopic (exact) mass is 446 g/mol. The quantitative estimate of drug-likeness (QED) is 0.695. The van der Waals surface area contributed by atoms with Crippen LogP contribution in [-0.4, -0.2) is 48.5 Å². The van der Waals surface area contributed by atoms with Gasteiger partial charge in [-0.1, -0.05) is 18.5 Å². The molecule has 1 amide bonds. The van der Waals surface area contributed by atoms with E-state index in [0.29, 0.717) is 48.1 Å². The molecule has 166 valence electrons. The minimum Gasteiger partial charge on any atom is -0.482 e. The lowest BCUT2D eigenvalue weighted by atomic mass is 9.85. The SMILES string of the molecule is CC1CCN(S(=O)(=O)c2ccc3c(c2)N(Cc2noc(C4CCC4)n2)C(=O)CO3)CC1. The van der Waals surface area contributed by atoms with Crippen LogP contribution in [0.5, 0.6) is 5.75 Å². The Balaban J connectivity index is 1.42. The van der Waals surface area contributed by atoms with Crippen molar-refractivity contribution < 1.29 is 22.5 Å². The van der Waals surface area contributed by atoms with E-state index in [1.54, 1.807) is 12.1 Å². The van der Waals surface area contributed by atoms with Crippen LogP contribution < -0.4 is 9.64 Å². The van der Waals surface area contributed by atoms with Crippen LogP contribution in [-0.2, 0) is 21.4 Å². The van der Waals surface area contributed by atoms with Gasteiger partial charge in [0, 0.05) is 19.0 Å². The molecule has 0 unspecified atom stereocenters. The number of anilines is 1. The molecule has 2 aromatic rings. The normalized spacial score (nSPS) is 20.9. The van der Waals surface area contributed by atoms with Gasteiger partial charge in [0.25, 0.3) is 5.91 Å². The van der Waals surface area contributed by atoms with Crippen molar-refractivity contribution in [2.45, 2.75) is 56.4 Å². The fraction of sp³-hybridized carbons (Fsp3) is 0.571. The second-order valence-corrected chi connectivity index (χ2v) is 10.6. The van der Waals surface area contributed by atoms with Gasteiger partial charge in [-0.25, -0.2) is 8.42 Å². The Morgan fingerprint density at radius 3 is 2.65 bits per heavy atom. The van der Waals surface area contributed by atoms with Crippen LogP contribution >= 0.6 is 0 Å². The highest BCUT2D eigenvalue weighted by atomic mass is 32.2. The summed E-state index contributed by atoms with van der Waals surface area (Å²) in [5.41, 5.74) is 0.415. The van der Waals surface area contributed by atoms with Gasteiger partial charge in [0.05, 0.1) is 17.1 Å². The standard InChI is InChI=1S/C21H26N4O5S/c1-14-7-9-24(10-8-14)31(27,28)16-5-6-18-17(11-16)25(20(26)13-29-18)12-19-22-21(30-23-19)15-3-2-4-15/h5-6,11,14-15H,2-4,7-10,12-13H2,1H3. The summed E-state index contributed by atoms with van der Waals surface area (Å²) in [5, 5.41) is 4.02. The zero-order chi connectivity index (χ0) is 21.6. The maximum Gasteiger partial charge on any atom is 0.265 e. The van der Waals surface area contributed by atoms with Gasteiger partial charge in [-0.05, 0) is 49.8 Å². The summed E-state index contributed by atoms with van der Waals surface area (Å²) in [6.07, 6.45) is 4.93. The van der Waals surface area contributed by atoms with E-state index in [1.165, 1.54) is 15.3 Å². The van der Waals surface area contributed by atoms with Gasteiger partial charge in [0.15, 0.2) is 12.4 Å². The van der Waals surface area contributed by atoms with E-state index in [9.17, 15) is 13.2 Å². The van der Waals surface area contributed by atoms with Crippen LogP contribution in [0.4, 0.5) is 5.69 Å². The fourth-order valence-electron chi connectivity index (χ4n) is 4.18. The van der Waals surface area contributed by atoms with Crippen molar-refractivity contribution in [3.63, 3.8) is 0 Å². The summed E-state index contributed by atoms with van der Waals surface area (Å²) in [7, 11) is -3.65. The Kier molecular flexibility index (Phi) is 5.21. The molecule has 0 spiro atoms. The van der Waals surface area contributed by atoms with Crippen molar-refractivity contribution in [3.8, 4) is 5.75 Å². The molecule has 0 N–H and O–H groups in total. The molecular formula is C21H26N4O5S. The topological polar surface area (TPSA) is 106 Å². The second kappa shape index (κ2) is 7.90. The third kappa shape index (κ3) is 3.82. The van der Waals surface area contributed by atoms with Crippen molar-refractivity contribution in [3.05, 3.63) is 29.9 Å². The van der Waals surface area contributed by atoms with Crippen LogP contribution in [0, 0.1) is 5.92 Å². The summed E-state index contributed by atoms with van der Waals surface area (Å²) in [5.74, 6) is 2.03. The molecule has 1 aromatic heterocycles. The number of benzene rings is 1. The number of aromatic nitrogens is 2. The van der Waals surface area contributed by atoms with Crippen LogP contribution in [0.1, 0.15) is 56.7 Å². The molecule has 1 aromatic carbocycles. The number of carbonyl (C=O) groups is 1. The molecule has 31 heavy (non-hydrogen) atoms. The Morgan fingerprint density at radius 1 is 1.16 bits per heavy atom. The van der Waals surface area contributed by atoms with Gasteiger partial charge < -0.3 is 9.26 Å². The number of amides is 1. The molecule has 0 atom stereocenters. The number of hydrogen-bond donors (Lipinski definition) is 0. The molecule has 1 saturated heterocycles. The number of ether oxygens (including phenoxy) is 1. The molecular weight excluding hydrogens is 420 g/mol. The van der Waals surface area contributed by atoms with E-state index in [4.69, 9.17) is 9.26 Å². The Bertz CT molecular complexity index is 1090. The number of rotatable bonds is 5. The van der Waals surface area contributed by atoms with Gasteiger partial charge >= 0.3 is 0 Å². The molecule has 1 aliphatic carbocycles. The maximum absolute atomic E-state index is 13.2. The van der Waals surface area contributed by atoms with Crippen molar-refractivity contribution in [1.29, 1.82) is 0 Å². The molecule has 3 heterocycles. The number of hydrogen-bond acceptors (Lipinski definition) is 7. The lowest BCUT2D eigenvalue weighted by Gasteiger charge is -2.31. The van der Waals surface area contributed by atoms with Crippen LogP contribution in [0.25, 0.3) is 0 Å². The highest BCUT2D eigenvalue weighted by Gasteiger charge is 2.33. The molecule has 2 aliphatic heterocycles. The predicted molar refractivity (Wildman–Crippen MR) is 111 cm³/mol. The van der Waals surface area contributed by atoms with Crippen LogP contribution in [0.3, 0.4) is 0 Å². The molecule has 9 nitrogen and oxygen atoms in total. The average Bonchev–Trinajstić information content (AvgIpc) is 3.16. The second-order valence-electron chi connectivity index (χ2n) is 8.66. The number of piperidine rings is 1. The first-order chi connectivity index (χ1) is 14.9. The average molecular weight is 447 g/mol. The van der Waals surface area contributed by atoms with Crippen molar-refractivity contribution in [1.82, 2.24) is 14.4 Å². The third-order valence-electron chi connectivity index (χ3n) is 6.49. The predicted octanol–water partition coefficient (Wildman–Crippen LogP) is 2.68. The van der Waals surface area contributed by atoms with Crippen molar-refractivity contribution >= 4 is 21.6 Å². The minimum absolute atomic E-state index is 0.107. The molecule has 0 radical (unpaired) electrons. The maximum atomic E-state index is 13.2. The van der Waals surface area contributed by atoms with Gasteiger partial charge in [-0.15, -0.1) is 0 Å². The van der Waals surface area contributed by atoms with E-state index in [-0.39, 0.29) is 24.0 Å². The van der Waals surface area contributed by atoms with Crippen molar-refractivity contribution in [2.75, 3.05) is 24.6 Å². The molecule has 10 heteroatoms. The molecule has 5 rings (SSSR count). The number of fused-ring (bicyclic) bond motifs is 1. The number of sulfonamides is 1. The Morgan fingerprint density at radius 2 is 1.94 bits per heavy atom. The van der Waals surface area contributed by atoms with E-state index < -0.39 is 10.0 Å². The highest BCUT2D eigenvalue weighted by molar-refractivity contribution is 7.89. The Hall–Kier alpha value is -2.46. The lowest BCUT2D eigenvalue weighted by Crippen LogP contribution is -2.39. The van der Waals surface area contributed by atoms with E-state index in [2.05, 4.69) is 17.1 Å². The van der Waals surface area contributed by atoms with Gasteiger partial charge in [0.1, 0.15) is 5.75 Å². The highest BCUT2D eigenvalue weighted by Crippen LogP contribution is 2.37. The molecule has 1 saturated carbocycles.